The van der Waals surface area contributed by atoms with Crippen molar-refractivity contribution in [2.24, 2.45) is 0 Å². The highest BCUT2D eigenvalue weighted by atomic mass is 79.9. The van der Waals surface area contributed by atoms with Gasteiger partial charge in [0.1, 0.15) is 0 Å². The van der Waals surface area contributed by atoms with E-state index in [2.05, 4.69) is 38.4 Å². The van der Waals surface area contributed by atoms with Crippen LogP contribution >= 0.6 is 27.5 Å². The fourth-order valence-corrected chi connectivity index (χ4v) is 3.21. The standard InChI is InChI=1S/C17H14BrClN2/c1-20-17(13-7-4-8-15(18)16(13)19)14-10-21-9-11-5-2-3-6-12(11)14/h2-10,17,20H,1H3. The quantitative estimate of drug-likeness (QED) is 0.713. The molecular weight excluding hydrogens is 348 g/mol. The molecule has 21 heavy (non-hydrogen) atoms. The normalized spacial score (nSPS) is 12.5. The van der Waals surface area contributed by atoms with Gasteiger partial charge in [0.15, 0.2) is 0 Å². The minimum atomic E-state index is -0.00593. The first-order valence-corrected chi connectivity index (χ1v) is 7.83. The number of rotatable bonds is 3. The molecule has 1 atom stereocenters. The Bertz CT molecular complexity index is 783. The minimum absolute atomic E-state index is 0.00593. The smallest absolute Gasteiger partial charge is 0.0610 e. The summed E-state index contributed by atoms with van der Waals surface area (Å²) in [5, 5.41) is 6.39. The summed E-state index contributed by atoms with van der Waals surface area (Å²) >= 11 is 9.95. The van der Waals surface area contributed by atoms with Gasteiger partial charge in [0.2, 0.25) is 0 Å². The van der Waals surface area contributed by atoms with Gasteiger partial charge in [-0.1, -0.05) is 48.0 Å². The van der Waals surface area contributed by atoms with E-state index < -0.39 is 0 Å². The van der Waals surface area contributed by atoms with Crippen LogP contribution in [0.3, 0.4) is 0 Å². The van der Waals surface area contributed by atoms with Gasteiger partial charge in [0.05, 0.1) is 11.1 Å². The first-order chi connectivity index (χ1) is 10.2. The first kappa shape index (κ1) is 14.5. The van der Waals surface area contributed by atoms with E-state index >= 15 is 0 Å². The molecule has 0 spiro atoms. The molecule has 0 amide bonds. The van der Waals surface area contributed by atoms with Crippen LogP contribution < -0.4 is 5.32 Å². The highest BCUT2D eigenvalue weighted by Crippen LogP contribution is 2.35. The predicted molar refractivity (Wildman–Crippen MR) is 91.8 cm³/mol. The van der Waals surface area contributed by atoms with E-state index in [9.17, 15) is 0 Å². The lowest BCUT2D eigenvalue weighted by molar-refractivity contribution is 0.694. The van der Waals surface area contributed by atoms with Gasteiger partial charge >= 0.3 is 0 Å². The Kier molecular flexibility index (Phi) is 4.24. The van der Waals surface area contributed by atoms with Gasteiger partial charge in [0, 0.05) is 22.3 Å². The molecule has 0 aliphatic heterocycles. The molecule has 106 valence electrons. The molecule has 0 aliphatic rings. The number of aromatic nitrogens is 1. The van der Waals surface area contributed by atoms with Crippen LogP contribution in [0.15, 0.2) is 59.3 Å². The van der Waals surface area contributed by atoms with Gasteiger partial charge in [0.25, 0.3) is 0 Å². The summed E-state index contributed by atoms with van der Waals surface area (Å²) in [5.41, 5.74) is 2.15. The average molecular weight is 362 g/mol. The predicted octanol–water partition coefficient (Wildman–Crippen LogP) is 4.96. The number of fused-ring (bicyclic) bond motifs is 1. The maximum absolute atomic E-state index is 6.46. The summed E-state index contributed by atoms with van der Waals surface area (Å²) < 4.78 is 0.898. The molecule has 2 aromatic carbocycles. The van der Waals surface area contributed by atoms with Crippen LogP contribution in [-0.2, 0) is 0 Å². The Hall–Kier alpha value is -1.42. The maximum atomic E-state index is 6.46. The van der Waals surface area contributed by atoms with Crippen molar-refractivity contribution in [1.82, 2.24) is 10.3 Å². The zero-order valence-corrected chi connectivity index (χ0v) is 13.8. The first-order valence-electron chi connectivity index (χ1n) is 6.66. The molecule has 1 heterocycles. The third kappa shape index (κ3) is 2.69. The largest absolute Gasteiger partial charge is 0.309 e. The lowest BCUT2D eigenvalue weighted by atomic mass is 9.96. The molecule has 3 aromatic rings. The van der Waals surface area contributed by atoms with Crippen molar-refractivity contribution < 1.29 is 0 Å². The summed E-state index contributed by atoms with van der Waals surface area (Å²) in [6, 6.07) is 14.2. The van der Waals surface area contributed by atoms with E-state index in [1.165, 1.54) is 5.39 Å². The summed E-state index contributed by atoms with van der Waals surface area (Å²) in [6.07, 6.45) is 3.79. The molecule has 0 radical (unpaired) electrons. The Morgan fingerprint density at radius 1 is 1.05 bits per heavy atom. The summed E-state index contributed by atoms with van der Waals surface area (Å²) in [4.78, 5) is 4.36. The molecular formula is C17H14BrClN2. The Labute approximate surface area is 137 Å². The van der Waals surface area contributed by atoms with Crippen LogP contribution in [0.25, 0.3) is 10.8 Å². The second-order valence-electron chi connectivity index (χ2n) is 4.81. The van der Waals surface area contributed by atoms with Crippen LogP contribution in [0.4, 0.5) is 0 Å². The van der Waals surface area contributed by atoms with Gasteiger partial charge in [-0.2, -0.15) is 0 Å². The Morgan fingerprint density at radius 3 is 2.67 bits per heavy atom. The zero-order valence-electron chi connectivity index (χ0n) is 11.5. The molecule has 0 bridgehead atoms. The van der Waals surface area contributed by atoms with E-state index in [4.69, 9.17) is 11.6 Å². The molecule has 4 heteroatoms. The molecule has 0 saturated heterocycles. The molecule has 0 fully saturated rings. The highest BCUT2D eigenvalue weighted by molar-refractivity contribution is 9.10. The van der Waals surface area contributed by atoms with E-state index in [0.717, 1.165) is 26.0 Å². The van der Waals surface area contributed by atoms with Crippen LogP contribution in [0.2, 0.25) is 5.02 Å². The number of nitrogens with zero attached hydrogens (tertiary/aromatic N) is 1. The minimum Gasteiger partial charge on any atom is -0.309 e. The van der Waals surface area contributed by atoms with Gasteiger partial charge in [-0.25, -0.2) is 0 Å². The maximum Gasteiger partial charge on any atom is 0.0610 e. The number of hydrogen-bond acceptors (Lipinski definition) is 2. The van der Waals surface area contributed by atoms with Crippen LogP contribution in [0.5, 0.6) is 0 Å². The second-order valence-corrected chi connectivity index (χ2v) is 6.05. The van der Waals surface area contributed by atoms with Gasteiger partial charge in [-0.15, -0.1) is 0 Å². The van der Waals surface area contributed by atoms with E-state index in [1.807, 2.05) is 49.8 Å². The third-order valence-corrected chi connectivity index (χ3v) is 4.90. The molecule has 3 rings (SSSR count). The van der Waals surface area contributed by atoms with Crippen molar-refractivity contribution in [3.8, 4) is 0 Å². The number of hydrogen-bond donors (Lipinski definition) is 1. The lowest BCUT2D eigenvalue weighted by Gasteiger charge is -2.20. The van der Waals surface area contributed by atoms with Gasteiger partial charge in [-0.3, -0.25) is 4.98 Å². The van der Waals surface area contributed by atoms with Gasteiger partial charge < -0.3 is 5.32 Å². The van der Waals surface area contributed by atoms with E-state index in [0.29, 0.717) is 0 Å². The SMILES string of the molecule is CNC(c1cccc(Br)c1Cl)c1cncc2ccccc12. The number of halogens is 2. The molecule has 1 aromatic heterocycles. The number of nitrogens with one attached hydrogen (secondary N) is 1. The Balaban J connectivity index is 2.21. The fraction of sp³-hybridized carbons (Fsp3) is 0.118. The molecule has 0 aliphatic carbocycles. The topological polar surface area (TPSA) is 24.9 Å². The monoisotopic (exact) mass is 360 g/mol. The lowest BCUT2D eigenvalue weighted by Crippen LogP contribution is -2.18. The van der Waals surface area contributed by atoms with Crippen molar-refractivity contribution in [3.05, 3.63) is 75.5 Å². The Morgan fingerprint density at radius 2 is 1.86 bits per heavy atom. The zero-order chi connectivity index (χ0) is 14.8. The van der Waals surface area contributed by atoms with Crippen molar-refractivity contribution in [2.75, 3.05) is 7.05 Å². The molecule has 2 nitrogen and oxygen atoms in total. The van der Waals surface area contributed by atoms with E-state index in [1.54, 1.807) is 0 Å². The summed E-state index contributed by atoms with van der Waals surface area (Å²) in [6.45, 7) is 0. The van der Waals surface area contributed by atoms with Crippen LogP contribution in [-0.4, -0.2) is 12.0 Å². The fourth-order valence-electron chi connectivity index (χ4n) is 2.59. The van der Waals surface area contributed by atoms with Gasteiger partial charge in [-0.05, 0) is 45.6 Å². The summed E-state index contributed by atoms with van der Waals surface area (Å²) in [5.74, 6) is 0. The average Bonchev–Trinajstić information content (AvgIpc) is 2.52. The third-order valence-electron chi connectivity index (χ3n) is 3.59. The van der Waals surface area contributed by atoms with Crippen molar-refractivity contribution >= 4 is 38.3 Å². The highest BCUT2D eigenvalue weighted by Gasteiger charge is 2.18. The number of benzene rings is 2. The van der Waals surface area contributed by atoms with Crippen LogP contribution in [0, 0.1) is 0 Å². The van der Waals surface area contributed by atoms with Crippen molar-refractivity contribution in [3.63, 3.8) is 0 Å². The van der Waals surface area contributed by atoms with Crippen molar-refractivity contribution in [1.29, 1.82) is 0 Å². The van der Waals surface area contributed by atoms with Crippen LogP contribution in [0.1, 0.15) is 17.2 Å². The van der Waals surface area contributed by atoms with Crippen molar-refractivity contribution in [2.45, 2.75) is 6.04 Å². The second kappa shape index (κ2) is 6.14. The van der Waals surface area contributed by atoms with E-state index in [-0.39, 0.29) is 6.04 Å². The molecule has 1 N–H and O–H groups in total. The number of pyridine rings is 1. The molecule has 0 saturated carbocycles. The molecule has 1 unspecified atom stereocenters. The summed E-state index contributed by atoms with van der Waals surface area (Å²) in [7, 11) is 1.93.